The van der Waals surface area contributed by atoms with Gasteiger partial charge in [-0.3, -0.25) is 14.4 Å². The van der Waals surface area contributed by atoms with Crippen LogP contribution in [0, 0.1) is 0 Å². The quantitative estimate of drug-likeness (QED) is 0.183. The second kappa shape index (κ2) is 13.7. The number of hydrogen-bond donors (Lipinski definition) is 7. The van der Waals surface area contributed by atoms with Crippen molar-refractivity contribution in [3.05, 3.63) is 29.8 Å². The average Bonchev–Trinajstić information content (AvgIpc) is 2.74. The van der Waals surface area contributed by atoms with Gasteiger partial charge >= 0.3 is 5.97 Å². The zero-order valence-corrected chi connectivity index (χ0v) is 19.6. The van der Waals surface area contributed by atoms with Crippen LogP contribution in [0.15, 0.2) is 24.3 Å². The number of nitrogens with one attached hydrogen (secondary N) is 3. The highest BCUT2D eigenvalue weighted by Gasteiger charge is 2.32. The predicted octanol–water partition coefficient (Wildman–Crippen LogP) is -1.05. The fourth-order valence-electron chi connectivity index (χ4n) is 2.80. The Kier molecular flexibility index (Phi) is 11.7. The Labute approximate surface area is 196 Å². The smallest absolute Gasteiger partial charge is 0.326 e. The van der Waals surface area contributed by atoms with Gasteiger partial charge in [-0.2, -0.15) is 11.8 Å². The van der Waals surface area contributed by atoms with Gasteiger partial charge in [0.25, 0.3) is 0 Å². The summed E-state index contributed by atoms with van der Waals surface area (Å²) in [7, 11) is 0. The third-order valence-electron chi connectivity index (χ3n) is 4.71. The van der Waals surface area contributed by atoms with Crippen LogP contribution in [0.3, 0.4) is 0 Å². The maximum absolute atomic E-state index is 12.8. The zero-order chi connectivity index (χ0) is 25.1. The first-order chi connectivity index (χ1) is 15.5. The highest BCUT2D eigenvalue weighted by atomic mass is 32.2. The Morgan fingerprint density at radius 1 is 0.970 bits per heavy atom. The summed E-state index contributed by atoms with van der Waals surface area (Å²) in [6.07, 6.45) is 0.664. The molecule has 0 saturated carbocycles. The van der Waals surface area contributed by atoms with Crippen LogP contribution in [-0.4, -0.2) is 81.3 Å². The van der Waals surface area contributed by atoms with Crippen molar-refractivity contribution in [3.8, 4) is 5.75 Å². The van der Waals surface area contributed by atoms with Gasteiger partial charge in [0.05, 0.1) is 12.1 Å². The van der Waals surface area contributed by atoms with Crippen molar-refractivity contribution < 1.29 is 34.5 Å². The van der Waals surface area contributed by atoms with Crippen LogP contribution in [0.1, 0.15) is 25.8 Å². The van der Waals surface area contributed by atoms with Crippen LogP contribution < -0.4 is 21.7 Å². The Hall–Kier alpha value is -2.83. The molecule has 3 amide bonds. The molecule has 0 bridgehead atoms. The van der Waals surface area contributed by atoms with E-state index in [4.69, 9.17) is 5.73 Å². The molecule has 0 fully saturated rings. The van der Waals surface area contributed by atoms with E-state index < -0.39 is 54.0 Å². The molecule has 184 valence electrons. The van der Waals surface area contributed by atoms with Gasteiger partial charge in [-0.05, 0) is 50.0 Å². The van der Waals surface area contributed by atoms with E-state index in [0.717, 1.165) is 0 Å². The zero-order valence-electron chi connectivity index (χ0n) is 18.8. The molecule has 0 spiro atoms. The van der Waals surface area contributed by atoms with Crippen LogP contribution in [0.2, 0.25) is 0 Å². The van der Waals surface area contributed by atoms with Gasteiger partial charge in [0, 0.05) is 6.42 Å². The molecular weight excluding hydrogens is 452 g/mol. The van der Waals surface area contributed by atoms with E-state index in [-0.39, 0.29) is 18.6 Å². The molecule has 1 rings (SSSR count). The third kappa shape index (κ3) is 9.68. The molecular formula is C21H32N4O7S. The number of aromatic hydroxyl groups is 1. The van der Waals surface area contributed by atoms with Gasteiger partial charge in [0.2, 0.25) is 17.7 Å². The highest BCUT2D eigenvalue weighted by molar-refractivity contribution is 7.98. The Morgan fingerprint density at radius 2 is 1.55 bits per heavy atom. The Bertz CT molecular complexity index is 817. The van der Waals surface area contributed by atoms with Crippen molar-refractivity contribution in [1.82, 2.24) is 16.0 Å². The number of carbonyl (C=O) groups is 4. The summed E-state index contributed by atoms with van der Waals surface area (Å²) < 4.78 is 0. The summed E-state index contributed by atoms with van der Waals surface area (Å²) in [6, 6.07) is 1.18. The van der Waals surface area contributed by atoms with Crippen molar-refractivity contribution in [2.45, 2.75) is 57.0 Å². The van der Waals surface area contributed by atoms with Gasteiger partial charge in [-0.25, -0.2) is 4.79 Å². The van der Waals surface area contributed by atoms with Crippen molar-refractivity contribution in [3.63, 3.8) is 0 Å². The molecule has 0 aliphatic carbocycles. The Morgan fingerprint density at radius 3 is 2.03 bits per heavy atom. The van der Waals surface area contributed by atoms with Crippen LogP contribution >= 0.6 is 11.8 Å². The van der Waals surface area contributed by atoms with Crippen LogP contribution in [0.4, 0.5) is 0 Å². The van der Waals surface area contributed by atoms with E-state index in [1.807, 2.05) is 6.26 Å². The molecule has 1 aromatic carbocycles. The van der Waals surface area contributed by atoms with E-state index in [1.165, 1.54) is 49.9 Å². The maximum Gasteiger partial charge on any atom is 0.326 e. The van der Waals surface area contributed by atoms with Gasteiger partial charge in [-0.15, -0.1) is 0 Å². The van der Waals surface area contributed by atoms with Crippen molar-refractivity contribution >= 4 is 35.5 Å². The molecule has 8 N–H and O–H groups in total. The van der Waals surface area contributed by atoms with Gasteiger partial charge in [0.15, 0.2) is 0 Å². The molecule has 0 aromatic heterocycles. The number of phenolic OH excluding ortho intramolecular Hbond substituents is 1. The first-order valence-electron chi connectivity index (χ1n) is 10.3. The summed E-state index contributed by atoms with van der Waals surface area (Å²) in [5.41, 5.74) is 6.09. The summed E-state index contributed by atoms with van der Waals surface area (Å²) in [5, 5.41) is 36.2. The van der Waals surface area contributed by atoms with Crippen LogP contribution in [-0.2, 0) is 25.6 Å². The number of carboxylic acids is 1. The first-order valence-corrected chi connectivity index (χ1v) is 11.7. The van der Waals surface area contributed by atoms with Crippen molar-refractivity contribution in [2.24, 2.45) is 5.73 Å². The molecule has 5 unspecified atom stereocenters. The first kappa shape index (κ1) is 28.2. The second-order valence-electron chi connectivity index (χ2n) is 7.63. The lowest BCUT2D eigenvalue weighted by Crippen LogP contribution is -2.60. The standard InChI is InChI=1S/C21H32N4O7S/c1-11(22)18(28)23-15(8-9-33-3)19(29)25-17(12(2)26)20(30)24-16(21(31)32)10-13-4-6-14(27)7-5-13/h4-7,11-12,15-17,26-27H,8-10,22H2,1-3H3,(H,23,28)(H,24,30)(H,25,29)(H,31,32). The largest absolute Gasteiger partial charge is 0.508 e. The molecule has 12 heteroatoms. The minimum absolute atomic E-state index is 0.0127. The fraction of sp³-hybridized carbons (Fsp3) is 0.524. The van der Waals surface area contributed by atoms with E-state index in [0.29, 0.717) is 11.3 Å². The van der Waals surface area contributed by atoms with Crippen LogP contribution in [0.5, 0.6) is 5.75 Å². The molecule has 11 nitrogen and oxygen atoms in total. The number of carboxylic acid groups (broad SMARTS) is 1. The van der Waals surface area contributed by atoms with E-state index in [1.54, 1.807) is 0 Å². The second-order valence-corrected chi connectivity index (χ2v) is 8.61. The maximum atomic E-state index is 12.8. The fourth-order valence-corrected chi connectivity index (χ4v) is 3.27. The molecule has 0 saturated heterocycles. The number of aliphatic hydroxyl groups is 1. The van der Waals surface area contributed by atoms with Crippen molar-refractivity contribution in [2.75, 3.05) is 12.0 Å². The minimum Gasteiger partial charge on any atom is -0.508 e. The van der Waals surface area contributed by atoms with Gasteiger partial charge < -0.3 is 37.0 Å². The van der Waals surface area contributed by atoms with Crippen molar-refractivity contribution in [1.29, 1.82) is 0 Å². The Balaban J connectivity index is 2.93. The molecule has 5 atom stereocenters. The van der Waals surface area contributed by atoms with E-state index in [9.17, 15) is 34.5 Å². The number of benzene rings is 1. The lowest BCUT2D eigenvalue weighted by atomic mass is 10.0. The summed E-state index contributed by atoms with van der Waals surface area (Å²) >= 11 is 1.46. The number of amides is 3. The summed E-state index contributed by atoms with van der Waals surface area (Å²) in [6.45, 7) is 2.74. The topological polar surface area (TPSA) is 191 Å². The SMILES string of the molecule is CSCCC(NC(=O)C(C)N)C(=O)NC(C(=O)NC(Cc1ccc(O)cc1)C(=O)O)C(C)O. The van der Waals surface area contributed by atoms with E-state index in [2.05, 4.69) is 16.0 Å². The molecule has 0 heterocycles. The van der Waals surface area contributed by atoms with Gasteiger partial charge in [0.1, 0.15) is 23.9 Å². The average molecular weight is 485 g/mol. The highest BCUT2D eigenvalue weighted by Crippen LogP contribution is 2.12. The number of hydrogen-bond acceptors (Lipinski definition) is 8. The third-order valence-corrected chi connectivity index (χ3v) is 5.35. The molecule has 33 heavy (non-hydrogen) atoms. The minimum atomic E-state index is -1.46. The number of aliphatic carboxylic acids is 1. The molecule has 0 radical (unpaired) electrons. The summed E-state index contributed by atoms with van der Waals surface area (Å²) in [4.78, 5) is 49.1. The summed E-state index contributed by atoms with van der Waals surface area (Å²) in [5.74, 6) is -2.91. The number of carbonyl (C=O) groups excluding carboxylic acids is 3. The number of rotatable bonds is 13. The number of phenols is 1. The number of thioether (sulfide) groups is 1. The molecule has 1 aromatic rings. The lowest BCUT2D eigenvalue weighted by Gasteiger charge is -2.26. The normalized spacial score (nSPS) is 15.4. The molecule has 0 aliphatic rings. The van der Waals surface area contributed by atoms with Crippen LogP contribution in [0.25, 0.3) is 0 Å². The number of aliphatic hydroxyl groups excluding tert-OH is 1. The van der Waals surface area contributed by atoms with E-state index >= 15 is 0 Å². The van der Waals surface area contributed by atoms with Gasteiger partial charge in [-0.1, -0.05) is 12.1 Å². The molecule has 0 aliphatic heterocycles. The monoisotopic (exact) mass is 484 g/mol. The lowest BCUT2D eigenvalue weighted by molar-refractivity contribution is -0.143. The predicted molar refractivity (Wildman–Crippen MR) is 124 cm³/mol. The number of nitrogens with two attached hydrogens (primary N) is 1.